The van der Waals surface area contributed by atoms with E-state index in [0.29, 0.717) is 5.75 Å². The smallest absolute Gasteiger partial charge is 0.319 e. The first-order chi connectivity index (χ1) is 16.1. The zero-order chi connectivity index (χ0) is 25.0. The van der Waals surface area contributed by atoms with Crippen LogP contribution in [0.1, 0.15) is 17.8 Å². The molecule has 0 spiro atoms. The van der Waals surface area contributed by atoms with Crippen LogP contribution in [-0.2, 0) is 11.3 Å². The van der Waals surface area contributed by atoms with Crippen molar-refractivity contribution in [2.45, 2.75) is 19.9 Å². The number of nitrogens with zero attached hydrogens (tertiary/aromatic N) is 4. The second kappa shape index (κ2) is 9.89. The van der Waals surface area contributed by atoms with E-state index in [9.17, 15) is 33.8 Å². The summed E-state index contributed by atoms with van der Waals surface area (Å²) in [5.41, 5.74) is -2.61. The number of amides is 1. The Morgan fingerprint density at radius 1 is 1.15 bits per heavy atom. The second-order valence-corrected chi connectivity index (χ2v) is 6.81. The lowest BCUT2D eigenvalue weighted by Gasteiger charge is -2.12. The van der Waals surface area contributed by atoms with Gasteiger partial charge in [-0.15, -0.1) is 0 Å². The minimum Gasteiger partial charge on any atom is -0.493 e. The van der Waals surface area contributed by atoms with E-state index in [1.165, 1.54) is 20.1 Å². The zero-order valence-corrected chi connectivity index (χ0v) is 17.7. The van der Waals surface area contributed by atoms with Gasteiger partial charge in [0, 0.05) is 12.1 Å². The monoisotopic (exact) mass is 477 g/mol. The number of ether oxygens (including phenoxy) is 2. The van der Waals surface area contributed by atoms with Crippen LogP contribution in [0.15, 0.2) is 42.5 Å². The summed E-state index contributed by atoms with van der Waals surface area (Å²) < 4.78 is 37.8. The molecule has 0 aliphatic heterocycles. The standard InChI is InChI=1S/C20H17F2N5O7/c1-11-19(27(31)32)18(20(21)22)24-25(11)10-17(28)23-12-7-13(26(29)30)9-14(8-12)34-16-6-4-3-5-15(16)33-2/h3-9,20H,10H2,1-2H3,(H,23,28). The first-order valence-corrected chi connectivity index (χ1v) is 9.50. The number of nitrogens with one attached hydrogen (secondary N) is 1. The number of methoxy groups -OCH3 is 1. The van der Waals surface area contributed by atoms with Crippen LogP contribution >= 0.6 is 0 Å². The predicted octanol–water partition coefficient (Wildman–Crippen LogP) is 4.39. The van der Waals surface area contributed by atoms with E-state index < -0.39 is 45.8 Å². The molecule has 3 aromatic rings. The van der Waals surface area contributed by atoms with E-state index in [1.807, 2.05) is 0 Å². The SMILES string of the molecule is COc1ccccc1Oc1cc(NC(=O)Cn2nc(C(F)F)c([N+](=O)[O-])c2C)cc([N+](=O)[O-])c1. The number of halogens is 2. The van der Waals surface area contributed by atoms with Gasteiger partial charge in [-0.05, 0) is 19.1 Å². The number of anilines is 1. The van der Waals surface area contributed by atoms with Gasteiger partial charge in [-0.3, -0.25) is 29.7 Å². The number of rotatable bonds is 9. The van der Waals surface area contributed by atoms with Crippen molar-refractivity contribution in [3.8, 4) is 17.2 Å². The molecule has 1 amide bonds. The van der Waals surface area contributed by atoms with Gasteiger partial charge in [-0.2, -0.15) is 5.10 Å². The van der Waals surface area contributed by atoms with Crippen molar-refractivity contribution in [3.63, 3.8) is 0 Å². The number of alkyl halides is 2. The van der Waals surface area contributed by atoms with E-state index >= 15 is 0 Å². The van der Waals surface area contributed by atoms with Gasteiger partial charge in [0.2, 0.25) is 11.6 Å². The number of carbonyl (C=O) groups is 1. The molecule has 1 heterocycles. The fourth-order valence-electron chi connectivity index (χ4n) is 3.07. The number of non-ortho nitro benzene ring substituents is 1. The largest absolute Gasteiger partial charge is 0.493 e. The molecule has 2 aromatic carbocycles. The first kappa shape index (κ1) is 24.0. The van der Waals surface area contributed by atoms with Crippen LogP contribution in [0.5, 0.6) is 17.2 Å². The third-order valence-corrected chi connectivity index (χ3v) is 4.57. The molecule has 3 rings (SSSR count). The topological polar surface area (TPSA) is 152 Å². The van der Waals surface area contributed by atoms with Crippen LogP contribution < -0.4 is 14.8 Å². The third kappa shape index (κ3) is 5.23. The summed E-state index contributed by atoms with van der Waals surface area (Å²) in [6, 6.07) is 10.1. The molecular formula is C20H17F2N5O7. The van der Waals surface area contributed by atoms with Crippen LogP contribution in [0.2, 0.25) is 0 Å². The highest BCUT2D eigenvalue weighted by molar-refractivity contribution is 5.91. The Morgan fingerprint density at radius 3 is 2.38 bits per heavy atom. The van der Waals surface area contributed by atoms with Gasteiger partial charge in [0.05, 0.1) is 28.7 Å². The molecule has 1 N–H and O–H groups in total. The number of hydrogen-bond acceptors (Lipinski definition) is 8. The molecule has 12 nitrogen and oxygen atoms in total. The van der Waals surface area contributed by atoms with Crippen LogP contribution in [0.25, 0.3) is 0 Å². The summed E-state index contributed by atoms with van der Waals surface area (Å²) in [6.45, 7) is 0.529. The van der Waals surface area contributed by atoms with Gasteiger partial charge in [-0.1, -0.05) is 12.1 Å². The van der Waals surface area contributed by atoms with Crippen LogP contribution in [0.3, 0.4) is 0 Å². The summed E-state index contributed by atoms with van der Waals surface area (Å²) in [5, 5.41) is 28.3. The molecule has 0 bridgehead atoms. The minimum atomic E-state index is -3.21. The Hall–Kier alpha value is -4.62. The number of benzene rings is 2. The maximum absolute atomic E-state index is 13.1. The second-order valence-electron chi connectivity index (χ2n) is 6.81. The highest BCUT2D eigenvalue weighted by Crippen LogP contribution is 2.35. The molecule has 0 saturated heterocycles. The van der Waals surface area contributed by atoms with E-state index in [0.717, 1.165) is 16.8 Å². The fraction of sp³-hybridized carbons (Fsp3) is 0.200. The summed E-state index contributed by atoms with van der Waals surface area (Å²) in [6.07, 6.45) is -3.21. The lowest BCUT2D eigenvalue weighted by Crippen LogP contribution is -2.20. The van der Waals surface area contributed by atoms with Crippen molar-refractivity contribution in [2.24, 2.45) is 0 Å². The molecule has 14 heteroatoms. The lowest BCUT2D eigenvalue weighted by molar-refractivity contribution is -0.386. The Morgan fingerprint density at radius 2 is 1.82 bits per heavy atom. The van der Waals surface area contributed by atoms with Crippen LogP contribution in [-0.4, -0.2) is 32.6 Å². The van der Waals surface area contributed by atoms with E-state index in [4.69, 9.17) is 9.47 Å². The van der Waals surface area contributed by atoms with Crippen molar-refractivity contribution >= 4 is 23.0 Å². The molecule has 0 atom stereocenters. The molecule has 0 aliphatic rings. The maximum Gasteiger partial charge on any atom is 0.319 e. The highest BCUT2D eigenvalue weighted by atomic mass is 19.3. The molecular weight excluding hydrogens is 460 g/mol. The van der Waals surface area contributed by atoms with Crippen molar-refractivity contribution in [2.75, 3.05) is 12.4 Å². The Kier molecular flexibility index (Phi) is 6.99. The average molecular weight is 477 g/mol. The molecule has 178 valence electrons. The molecule has 0 aliphatic carbocycles. The Balaban J connectivity index is 1.86. The van der Waals surface area contributed by atoms with Gasteiger partial charge in [0.15, 0.2) is 11.5 Å². The predicted molar refractivity (Wildman–Crippen MR) is 113 cm³/mol. The summed E-state index contributed by atoms with van der Waals surface area (Å²) in [7, 11) is 1.42. The Labute approximate surface area is 190 Å². The van der Waals surface area contributed by atoms with E-state index in [2.05, 4.69) is 10.4 Å². The zero-order valence-electron chi connectivity index (χ0n) is 17.7. The van der Waals surface area contributed by atoms with E-state index in [-0.39, 0.29) is 22.9 Å². The van der Waals surface area contributed by atoms with Crippen LogP contribution in [0, 0.1) is 27.2 Å². The number of carbonyl (C=O) groups excluding carboxylic acids is 1. The van der Waals surface area contributed by atoms with Gasteiger partial charge in [0.1, 0.15) is 18.0 Å². The molecule has 0 saturated carbocycles. The molecule has 0 unspecified atom stereocenters. The number of nitro groups is 2. The summed E-state index contributed by atoms with van der Waals surface area (Å²) in [4.78, 5) is 33.2. The maximum atomic E-state index is 13.1. The van der Waals surface area contributed by atoms with Gasteiger partial charge in [0.25, 0.3) is 12.1 Å². The third-order valence-electron chi connectivity index (χ3n) is 4.57. The number of para-hydroxylation sites is 2. The van der Waals surface area contributed by atoms with Gasteiger partial charge in [-0.25, -0.2) is 8.78 Å². The summed E-state index contributed by atoms with van der Waals surface area (Å²) >= 11 is 0. The van der Waals surface area contributed by atoms with Crippen molar-refractivity contribution in [1.29, 1.82) is 0 Å². The van der Waals surface area contributed by atoms with Crippen molar-refractivity contribution < 1.29 is 32.9 Å². The quantitative estimate of drug-likeness (QED) is 0.352. The lowest BCUT2D eigenvalue weighted by atomic mass is 10.2. The molecule has 1 aromatic heterocycles. The minimum absolute atomic E-state index is 0.0138. The molecule has 34 heavy (non-hydrogen) atoms. The number of hydrogen-bond donors (Lipinski definition) is 1. The summed E-state index contributed by atoms with van der Waals surface area (Å²) in [5.74, 6) is -0.170. The van der Waals surface area contributed by atoms with Gasteiger partial charge < -0.3 is 14.8 Å². The molecule has 0 fully saturated rings. The first-order valence-electron chi connectivity index (χ1n) is 9.50. The Bertz CT molecular complexity index is 1260. The van der Waals surface area contributed by atoms with Crippen molar-refractivity contribution in [1.82, 2.24) is 9.78 Å². The van der Waals surface area contributed by atoms with E-state index in [1.54, 1.807) is 24.3 Å². The van der Waals surface area contributed by atoms with Crippen LogP contribution in [0.4, 0.5) is 25.8 Å². The number of aromatic nitrogens is 2. The normalized spacial score (nSPS) is 10.7. The average Bonchev–Trinajstić information content (AvgIpc) is 3.10. The highest BCUT2D eigenvalue weighted by Gasteiger charge is 2.31. The van der Waals surface area contributed by atoms with Crippen molar-refractivity contribution in [3.05, 3.63) is 74.1 Å². The molecule has 0 radical (unpaired) electrons. The fourth-order valence-corrected chi connectivity index (χ4v) is 3.07. The number of nitro benzene ring substituents is 1. The van der Waals surface area contributed by atoms with Gasteiger partial charge >= 0.3 is 5.69 Å².